The first kappa shape index (κ1) is 16.8. The lowest BCUT2D eigenvalue weighted by Gasteiger charge is -2.17. The number of ether oxygens (including phenoxy) is 2. The zero-order valence-corrected chi connectivity index (χ0v) is 14.2. The van der Waals surface area contributed by atoms with Crippen molar-refractivity contribution in [3.8, 4) is 34.4 Å². The molecule has 0 aliphatic heterocycles. The molecule has 118 valence electrons. The number of nitrogens with zero attached hydrogens (tertiary/aromatic N) is 1. The Kier molecular flexibility index (Phi) is 5.24. The minimum atomic E-state index is -0.240. The summed E-state index contributed by atoms with van der Waals surface area (Å²) < 4.78 is 10.9. The molecular weight excluding hydrogens is 362 g/mol. The van der Waals surface area contributed by atoms with Crippen LogP contribution in [-0.2, 0) is 0 Å². The van der Waals surface area contributed by atoms with E-state index in [9.17, 15) is 15.2 Å². The fourth-order valence-electron chi connectivity index (χ4n) is 2.35. The number of carbonyl (C=O) groups is 1. The molecule has 0 atom stereocenters. The number of hydrogen-bond acceptors (Lipinski definition) is 5. The van der Waals surface area contributed by atoms with Crippen molar-refractivity contribution in [3.63, 3.8) is 0 Å². The number of nitriles is 1. The van der Waals surface area contributed by atoms with Gasteiger partial charge in [0.15, 0.2) is 17.8 Å². The van der Waals surface area contributed by atoms with Crippen LogP contribution in [0.3, 0.4) is 0 Å². The molecule has 5 nitrogen and oxygen atoms in total. The molecule has 6 heteroatoms. The summed E-state index contributed by atoms with van der Waals surface area (Å²) in [5.74, 6) is 0.266. The molecule has 0 unspecified atom stereocenters. The molecular formula is C17H14BrNO4. The molecule has 23 heavy (non-hydrogen) atoms. The largest absolute Gasteiger partial charge is 0.503 e. The van der Waals surface area contributed by atoms with E-state index in [2.05, 4.69) is 15.9 Å². The Hall–Kier alpha value is -2.52. The van der Waals surface area contributed by atoms with Gasteiger partial charge in [-0.1, -0.05) is 18.2 Å². The first-order valence-corrected chi connectivity index (χ1v) is 7.59. The van der Waals surface area contributed by atoms with Crippen LogP contribution in [0, 0.1) is 11.3 Å². The molecule has 0 aromatic heterocycles. The standard InChI is InChI=1S/C17H14BrNO4/c1-3-23-13-7-5-4-6-10(13)14-12(9-20)11(8-19)17(22-2)16(21)15(14)18/h4-7,9,21H,3H2,1-2H3. The first-order valence-electron chi connectivity index (χ1n) is 6.80. The molecule has 0 fully saturated rings. The van der Waals surface area contributed by atoms with Crippen molar-refractivity contribution < 1.29 is 19.4 Å². The van der Waals surface area contributed by atoms with E-state index in [1.165, 1.54) is 7.11 Å². The van der Waals surface area contributed by atoms with E-state index in [1.54, 1.807) is 24.3 Å². The van der Waals surface area contributed by atoms with Crippen molar-refractivity contribution in [2.45, 2.75) is 6.92 Å². The Bertz CT molecular complexity index is 796. The fraction of sp³-hybridized carbons (Fsp3) is 0.176. The monoisotopic (exact) mass is 375 g/mol. The van der Waals surface area contributed by atoms with Crippen molar-refractivity contribution in [2.75, 3.05) is 13.7 Å². The highest BCUT2D eigenvalue weighted by molar-refractivity contribution is 9.10. The lowest BCUT2D eigenvalue weighted by molar-refractivity contribution is 0.112. The van der Waals surface area contributed by atoms with Gasteiger partial charge in [-0.25, -0.2) is 0 Å². The average molecular weight is 376 g/mol. The number of phenolic OH excluding ortho intramolecular Hbond substituents is 1. The summed E-state index contributed by atoms with van der Waals surface area (Å²) in [6, 6.07) is 9.02. The molecule has 2 aromatic carbocycles. The van der Waals surface area contributed by atoms with E-state index in [-0.39, 0.29) is 27.1 Å². The van der Waals surface area contributed by atoms with E-state index >= 15 is 0 Å². The number of carbonyl (C=O) groups excluding carboxylic acids is 1. The van der Waals surface area contributed by atoms with Gasteiger partial charge < -0.3 is 14.6 Å². The topological polar surface area (TPSA) is 79.5 Å². The molecule has 2 rings (SSSR count). The highest BCUT2D eigenvalue weighted by atomic mass is 79.9. The number of halogens is 1. The SMILES string of the molecule is CCOc1ccccc1-c1c(Br)c(O)c(OC)c(C#N)c1C=O. The normalized spacial score (nSPS) is 10.0. The smallest absolute Gasteiger partial charge is 0.180 e. The predicted molar refractivity (Wildman–Crippen MR) is 89.1 cm³/mol. The van der Waals surface area contributed by atoms with Gasteiger partial charge in [0.05, 0.1) is 18.2 Å². The number of methoxy groups -OCH3 is 1. The Morgan fingerprint density at radius 1 is 1.39 bits per heavy atom. The van der Waals surface area contributed by atoms with Gasteiger partial charge in [0.25, 0.3) is 0 Å². The van der Waals surface area contributed by atoms with Crippen LogP contribution >= 0.6 is 15.9 Å². The van der Waals surface area contributed by atoms with Crippen LogP contribution in [0.15, 0.2) is 28.7 Å². The predicted octanol–water partition coefficient (Wildman–Crippen LogP) is 3.91. The van der Waals surface area contributed by atoms with Gasteiger partial charge in [0.1, 0.15) is 17.4 Å². The molecule has 0 radical (unpaired) electrons. The summed E-state index contributed by atoms with van der Waals surface area (Å²) in [4.78, 5) is 11.6. The minimum absolute atomic E-state index is 0.0236. The van der Waals surface area contributed by atoms with Crippen LogP contribution < -0.4 is 9.47 Å². The van der Waals surface area contributed by atoms with Crippen molar-refractivity contribution >= 4 is 22.2 Å². The Morgan fingerprint density at radius 2 is 2.09 bits per heavy atom. The minimum Gasteiger partial charge on any atom is -0.503 e. The maximum absolute atomic E-state index is 11.6. The number of aromatic hydroxyl groups is 1. The van der Waals surface area contributed by atoms with E-state index in [0.717, 1.165) is 0 Å². The molecule has 1 N–H and O–H groups in total. The maximum Gasteiger partial charge on any atom is 0.180 e. The molecule has 0 aliphatic rings. The Morgan fingerprint density at radius 3 is 2.65 bits per heavy atom. The lowest BCUT2D eigenvalue weighted by Crippen LogP contribution is -2.01. The molecule has 0 spiro atoms. The molecule has 0 saturated heterocycles. The highest BCUT2D eigenvalue weighted by Gasteiger charge is 2.25. The fourth-order valence-corrected chi connectivity index (χ4v) is 2.95. The molecule has 0 heterocycles. The van der Waals surface area contributed by atoms with Crippen LogP contribution in [0.4, 0.5) is 0 Å². The molecule has 0 aliphatic carbocycles. The number of benzene rings is 2. The number of phenols is 1. The molecule has 0 bridgehead atoms. The van der Waals surface area contributed by atoms with E-state index in [0.29, 0.717) is 29.8 Å². The van der Waals surface area contributed by atoms with Crippen molar-refractivity contribution in [2.24, 2.45) is 0 Å². The molecule has 0 saturated carbocycles. The van der Waals surface area contributed by atoms with Crippen molar-refractivity contribution in [1.29, 1.82) is 5.26 Å². The lowest BCUT2D eigenvalue weighted by atomic mass is 9.94. The summed E-state index contributed by atoms with van der Waals surface area (Å²) in [7, 11) is 1.32. The van der Waals surface area contributed by atoms with Gasteiger partial charge in [-0.2, -0.15) is 5.26 Å². The van der Waals surface area contributed by atoms with Crippen molar-refractivity contribution in [1.82, 2.24) is 0 Å². The van der Waals surface area contributed by atoms with Crippen LogP contribution in [0.5, 0.6) is 17.2 Å². The van der Waals surface area contributed by atoms with Crippen LogP contribution in [0.1, 0.15) is 22.8 Å². The number of hydrogen-bond donors (Lipinski definition) is 1. The summed E-state index contributed by atoms with van der Waals surface area (Å²) in [6.45, 7) is 2.29. The second kappa shape index (κ2) is 7.16. The Balaban J connectivity index is 2.91. The number of aldehydes is 1. The van der Waals surface area contributed by atoms with Gasteiger partial charge in [0.2, 0.25) is 0 Å². The summed E-state index contributed by atoms with van der Waals surface area (Å²) in [6.07, 6.45) is 0.573. The highest BCUT2D eigenvalue weighted by Crippen LogP contribution is 2.48. The van der Waals surface area contributed by atoms with Gasteiger partial charge in [-0.3, -0.25) is 4.79 Å². The van der Waals surface area contributed by atoms with Crippen LogP contribution in [0.25, 0.3) is 11.1 Å². The second-order valence-corrected chi connectivity index (χ2v) is 5.31. The van der Waals surface area contributed by atoms with E-state index < -0.39 is 0 Å². The summed E-state index contributed by atoms with van der Waals surface area (Å²) >= 11 is 3.30. The Labute approximate surface area is 142 Å². The van der Waals surface area contributed by atoms with Crippen LogP contribution in [-0.4, -0.2) is 25.1 Å². The van der Waals surface area contributed by atoms with E-state index in [1.807, 2.05) is 13.0 Å². The van der Waals surface area contributed by atoms with Crippen molar-refractivity contribution in [3.05, 3.63) is 39.9 Å². The summed E-state index contributed by atoms with van der Waals surface area (Å²) in [5, 5.41) is 19.7. The first-order chi connectivity index (χ1) is 11.1. The summed E-state index contributed by atoms with van der Waals surface area (Å²) in [5.41, 5.74) is 1.09. The number of rotatable bonds is 5. The third kappa shape index (κ3) is 2.88. The second-order valence-electron chi connectivity index (χ2n) is 4.52. The van der Waals surface area contributed by atoms with Crippen LogP contribution in [0.2, 0.25) is 0 Å². The number of para-hydroxylation sites is 1. The van der Waals surface area contributed by atoms with Gasteiger partial charge in [0, 0.05) is 16.7 Å². The van der Waals surface area contributed by atoms with Gasteiger partial charge >= 0.3 is 0 Å². The molecule has 2 aromatic rings. The maximum atomic E-state index is 11.6. The van der Waals surface area contributed by atoms with E-state index in [4.69, 9.17) is 9.47 Å². The third-order valence-electron chi connectivity index (χ3n) is 3.30. The zero-order chi connectivity index (χ0) is 17.0. The molecule has 0 amide bonds. The average Bonchev–Trinajstić information content (AvgIpc) is 2.57. The quantitative estimate of drug-likeness (QED) is 0.801. The van der Waals surface area contributed by atoms with Gasteiger partial charge in [-0.05, 0) is 28.9 Å². The van der Waals surface area contributed by atoms with Gasteiger partial charge in [-0.15, -0.1) is 0 Å². The zero-order valence-electron chi connectivity index (χ0n) is 12.6. The third-order valence-corrected chi connectivity index (χ3v) is 4.07.